The first-order chi connectivity index (χ1) is 7.27. The van der Waals surface area contributed by atoms with Crippen LogP contribution in [0, 0.1) is 0 Å². The van der Waals surface area contributed by atoms with Crippen molar-refractivity contribution in [3.63, 3.8) is 0 Å². The average molecular weight is 318 g/mol. The van der Waals surface area contributed by atoms with E-state index >= 15 is 0 Å². The van der Waals surface area contributed by atoms with Crippen molar-refractivity contribution >= 4 is 22.6 Å². The standard InChI is InChI=1S/C12H15IO2/c1-10-14-12(15-10,8-5-9-13)11-6-3-2-4-7-11/h2-4,6-7,10H,5,8-9H2,1H3. The fourth-order valence-electron chi connectivity index (χ4n) is 1.93. The minimum atomic E-state index is -0.466. The molecule has 1 aromatic carbocycles. The largest absolute Gasteiger partial charge is 0.317 e. The second-order valence-electron chi connectivity index (χ2n) is 3.71. The smallest absolute Gasteiger partial charge is 0.200 e. The molecule has 1 aliphatic rings. The van der Waals surface area contributed by atoms with Crippen LogP contribution in [0.15, 0.2) is 30.3 Å². The second-order valence-corrected chi connectivity index (χ2v) is 4.79. The second kappa shape index (κ2) is 4.80. The first kappa shape index (κ1) is 11.4. The van der Waals surface area contributed by atoms with Gasteiger partial charge >= 0.3 is 0 Å². The molecule has 0 atom stereocenters. The summed E-state index contributed by atoms with van der Waals surface area (Å²) in [5.74, 6) is -0.466. The molecule has 0 N–H and O–H groups in total. The number of rotatable bonds is 4. The molecule has 1 heterocycles. The summed E-state index contributed by atoms with van der Waals surface area (Å²) in [6.45, 7) is 1.94. The topological polar surface area (TPSA) is 18.5 Å². The van der Waals surface area contributed by atoms with Crippen molar-refractivity contribution in [1.29, 1.82) is 0 Å². The van der Waals surface area contributed by atoms with Gasteiger partial charge in [-0.3, -0.25) is 0 Å². The van der Waals surface area contributed by atoms with Crippen LogP contribution in [0.5, 0.6) is 0 Å². The lowest BCUT2D eigenvalue weighted by Gasteiger charge is -2.46. The first-order valence-electron chi connectivity index (χ1n) is 5.24. The van der Waals surface area contributed by atoms with Crippen LogP contribution in [-0.2, 0) is 15.3 Å². The summed E-state index contributed by atoms with van der Waals surface area (Å²) >= 11 is 2.38. The van der Waals surface area contributed by atoms with Crippen LogP contribution in [0.3, 0.4) is 0 Å². The van der Waals surface area contributed by atoms with Crippen molar-refractivity contribution in [3.8, 4) is 0 Å². The summed E-state index contributed by atoms with van der Waals surface area (Å²) in [4.78, 5) is 0. The Hall–Kier alpha value is -0.130. The molecule has 3 heteroatoms. The maximum Gasteiger partial charge on any atom is 0.200 e. The van der Waals surface area contributed by atoms with Crippen molar-refractivity contribution < 1.29 is 9.47 Å². The van der Waals surface area contributed by atoms with E-state index in [1.54, 1.807) is 0 Å². The van der Waals surface area contributed by atoms with E-state index < -0.39 is 5.79 Å². The molecule has 82 valence electrons. The Morgan fingerprint density at radius 2 is 1.93 bits per heavy atom. The minimum absolute atomic E-state index is 0.0700. The Morgan fingerprint density at radius 3 is 2.47 bits per heavy atom. The highest BCUT2D eigenvalue weighted by Gasteiger charge is 2.45. The summed E-state index contributed by atoms with van der Waals surface area (Å²) in [6, 6.07) is 10.2. The summed E-state index contributed by atoms with van der Waals surface area (Å²) in [6.07, 6.45) is 1.98. The normalized spacial score (nSPS) is 29.9. The van der Waals surface area contributed by atoms with Crippen LogP contribution in [0.25, 0.3) is 0 Å². The van der Waals surface area contributed by atoms with Gasteiger partial charge in [-0.05, 0) is 17.8 Å². The molecule has 15 heavy (non-hydrogen) atoms. The van der Waals surface area contributed by atoms with E-state index in [1.165, 1.54) is 0 Å². The van der Waals surface area contributed by atoms with Crippen LogP contribution in [0.2, 0.25) is 0 Å². The van der Waals surface area contributed by atoms with Gasteiger partial charge in [0.2, 0.25) is 0 Å². The lowest BCUT2D eigenvalue weighted by Crippen LogP contribution is -2.49. The fraction of sp³-hybridized carbons (Fsp3) is 0.500. The van der Waals surface area contributed by atoms with Crippen molar-refractivity contribution in [2.45, 2.75) is 31.8 Å². The first-order valence-corrected chi connectivity index (χ1v) is 6.76. The van der Waals surface area contributed by atoms with Gasteiger partial charge in [0.05, 0.1) is 0 Å². The van der Waals surface area contributed by atoms with Crippen LogP contribution in [0.4, 0.5) is 0 Å². The molecule has 0 bridgehead atoms. The van der Waals surface area contributed by atoms with E-state index in [0.29, 0.717) is 0 Å². The van der Waals surface area contributed by atoms with Gasteiger partial charge in [-0.1, -0.05) is 52.9 Å². The summed E-state index contributed by atoms with van der Waals surface area (Å²) < 4.78 is 12.7. The average Bonchev–Trinajstić information content (AvgIpc) is 2.24. The van der Waals surface area contributed by atoms with Crippen molar-refractivity contribution in [3.05, 3.63) is 35.9 Å². The van der Waals surface area contributed by atoms with Crippen molar-refractivity contribution in [2.24, 2.45) is 0 Å². The highest BCUT2D eigenvalue weighted by molar-refractivity contribution is 14.1. The Labute approximate surface area is 104 Å². The number of hydrogen-bond acceptors (Lipinski definition) is 2. The Morgan fingerprint density at radius 1 is 1.27 bits per heavy atom. The molecule has 0 aromatic heterocycles. The predicted octanol–water partition coefficient (Wildman–Crippen LogP) is 3.45. The maximum absolute atomic E-state index is 5.79. The quantitative estimate of drug-likeness (QED) is 0.625. The van der Waals surface area contributed by atoms with Gasteiger partial charge in [0.25, 0.3) is 0 Å². The number of hydrogen-bond donors (Lipinski definition) is 0. The minimum Gasteiger partial charge on any atom is -0.317 e. The number of benzene rings is 1. The van der Waals surface area contributed by atoms with Crippen molar-refractivity contribution in [1.82, 2.24) is 0 Å². The van der Waals surface area contributed by atoms with Gasteiger partial charge < -0.3 is 9.47 Å². The Bertz CT molecular complexity index is 307. The molecule has 0 unspecified atom stereocenters. The molecular weight excluding hydrogens is 303 g/mol. The van der Waals surface area contributed by atoms with Gasteiger partial charge in [0.1, 0.15) is 0 Å². The number of halogens is 1. The van der Waals surface area contributed by atoms with E-state index in [-0.39, 0.29) is 6.29 Å². The Kier molecular flexibility index (Phi) is 3.64. The van der Waals surface area contributed by atoms with Crippen molar-refractivity contribution in [2.75, 3.05) is 4.43 Å². The van der Waals surface area contributed by atoms with E-state index in [2.05, 4.69) is 34.7 Å². The van der Waals surface area contributed by atoms with Gasteiger partial charge in [-0.2, -0.15) is 0 Å². The summed E-state index contributed by atoms with van der Waals surface area (Å²) in [7, 11) is 0. The molecule has 1 fully saturated rings. The lowest BCUT2D eigenvalue weighted by molar-refractivity contribution is -0.458. The molecule has 0 spiro atoms. The molecule has 1 aliphatic heterocycles. The van der Waals surface area contributed by atoms with E-state index in [0.717, 1.165) is 22.8 Å². The van der Waals surface area contributed by atoms with Gasteiger partial charge in [0, 0.05) is 12.0 Å². The molecule has 2 nitrogen and oxygen atoms in total. The molecule has 1 aromatic rings. The van der Waals surface area contributed by atoms with Crippen LogP contribution >= 0.6 is 22.6 Å². The molecule has 0 saturated carbocycles. The highest BCUT2D eigenvalue weighted by atomic mass is 127. The van der Waals surface area contributed by atoms with E-state index in [9.17, 15) is 0 Å². The summed E-state index contributed by atoms with van der Waals surface area (Å²) in [5.41, 5.74) is 1.13. The molecule has 0 amide bonds. The van der Waals surface area contributed by atoms with Crippen LogP contribution in [0.1, 0.15) is 25.3 Å². The van der Waals surface area contributed by atoms with Gasteiger partial charge in [-0.25, -0.2) is 0 Å². The zero-order valence-corrected chi connectivity index (χ0v) is 10.9. The predicted molar refractivity (Wildman–Crippen MR) is 67.9 cm³/mol. The molecular formula is C12H15IO2. The third-order valence-corrected chi connectivity index (χ3v) is 3.33. The lowest BCUT2D eigenvalue weighted by atomic mass is 9.99. The number of ether oxygens (including phenoxy) is 2. The van der Waals surface area contributed by atoms with Gasteiger partial charge in [-0.15, -0.1) is 0 Å². The molecule has 1 saturated heterocycles. The Balaban J connectivity index is 2.13. The zero-order chi connectivity index (χ0) is 10.7. The monoisotopic (exact) mass is 318 g/mol. The third kappa shape index (κ3) is 2.34. The van der Waals surface area contributed by atoms with E-state index in [4.69, 9.17) is 9.47 Å². The third-order valence-electron chi connectivity index (χ3n) is 2.57. The maximum atomic E-state index is 5.79. The zero-order valence-electron chi connectivity index (χ0n) is 8.78. The fourth-order valence-corrected chi connectivity index (χ4v) is 2.32. The van der Waals surface area contributed by atoms with E-state index in [1.807, 2.05) is 25.1 Å². The summed E-state index contributed by atoms with van der Waals surface area (Å²) in [5, 5.41) is 0. The highest BCUT2D eigenvalue weighted by Crippen LogP contribution is 2.42. The van der Waals surface area contributed by atoms with Gasteiger partial charge in [0.15, 0.2) is 12.1 Å². The molecule has 2 rings (SSSR count). The van der Waals surface area contributed by atoms with Crippen LogP contribution < -0.4 is 0 Å². The van der Waals surface area contributed by atoms with Crippen LogP contribution in [-0.4, -0.2) is 10.7 Å². The molecule has 0 radical (unpaired) electrons. The SMILES string of the molecule is CC1OC(CCCI)(c2ccccc2)O1. The number of alkyl halides is 1. The molecule has 0 aliphatic carbocycles.